The second-order valence-corrected chi connectivity index (χ2v) is 6.67. The molecule has 0 unspecified atom stereocenters. The molecule has 9 heteroatoms. The Morgan fingerprint density at radius 3 is 2.40 bits per heavy atom. The molecule has 2 aromatic rings. The van der Waals surface area contributed by atoms with Gasteiger partial charge in [-0.1, -0.05) is 23.9 Å². The van der Waals surface area contributed by atoms with Crippen LogP contribution in [0.25, 0.3) is 0 Å². The molecule has 0 radical (unpaired) electrons. The van der Waals surface area contributed by atoms with Gasteiger partial charge in [-0.15, -0.1) is 0 Å². The number of ether oxygens (including phenoxy) is 1. The Kier molecular flexibility index (Phi) is 5.22. The van der Waals surface area contributed by atoms with Gasteiger partial charge in [0.25, 0.3) is 0 Å². The fraction of sp³-hybridized carbons (Fsp3) is 0.375. The summed E-state index contributed by atoms with van der Waals surface area (Å²) >= 11 is 1.21. The molecule has 0 aliphatic heterocycles. The number of carbonyl (C=O) groups is 1. The highest BCUT2D eigenvalue weighted by atomic mass is 32.2. The number of thioether (sulfide) groups is 1. The molecule has 8 nitrogen and oxygen atoms in total. The van der Waals surface area contributed by atoms with Crippen molar-refractivity contribution in [2.45, 2.75) is 30.6 Å². The molecule has 1 aromatic carbocycles. The Labute approximate surface area is 150 Å². The second kappa shape index (κ2) is 7.56. The predicted molar refractivity (Wildman–Crippen MR) is 95.9 cm³/mol. The number of anilines is 2. The normalized spacial score (nSPS) is 13.5. The molecule has 1 fully saturated rings. The largest absolute Gasteiger partial charge is 0.497 e. The number of nitrogen functional groups attached to an aromatic ring is 2. The highest BCUT2D eigenvalue weighted by Gasteiger charge is 2.32. The number of hydrogen-bond acceptors (Lipinski definition) is 8. The lowest BCUT2D eigenvalue weighted by molar-refractivity contribution is -0.129. The molecular weight excluding hydrogens is 340 g/mol. The van der Waals surface area contributed by atoms with Gasteiger partial charge in [-0.2, -0.15) is 15.0 Å². The van der Waals surface area contributed by atoms with Crippen LogP contribution >= 0.6 is 11.8 Å². The lowest BCUT2D eigenvalue weighted by atomic mass is 10.2. The van der Waals surface area contributed by atoms with Gasteiger partial charge in [-0.25, -0.2) is 0 Å². The zero-order valence-electron chi connectivity index (χ0n) is 13.9. The van der Waals surface area contributed by atoms with Gasteiger partial charge < -0.3 is 21.1 Å². The molecule has 132 valence electrons. The summed E-state index contributed by atoms with van der Waals surface area (Å²) < 4.78 is 5.16. The number of aromatic nitrogens is 3. The smallest absolute Gasteiger partial charge is 0.233 e. The summed E-state index contributed by atoms with van der Waals surface area (Å²) in [5.74, 6) is 1.18. The van der Waals surface area contributed by atoms with Crippen LogP contribution in [0.15, 0.2) is 29.4 Å². The molecule has 4 N–H and O–H groups in total. The van der Waals surface area contributed by atoms with E-state index in [-0.39, 0.29) is 23.6 Å². The predicted octanol–water partition coefficient (Wildman–Crippen LogP) is 1.33. The Morgan fingerprint density at radius 1 is 1.20 bits per heavy atom. The van der Waals surface area contributed by atoms with Crippen LogP contribution in [0.1, 0.15) is 18.4 Å². The summed E-state index contributed by atoms with van der Waals surface area (Å²) in [5.41, 5.74) is 12.2. The maximum absolute atomic E-state index is 12.6. The molecule has 0 atom stereocenters. The van der Waals surface area contributed by atoms with Crippen molar-refractivity contribution in [3.63, 3.8) is 0 Å². The van der Waals surface area contributed by atoms with Gasteiger partial charge in [0, 0.05) is 12.6 Å². The molecule has 1 aliphatic carbocycles. The SMILES string of the molecule is COc1ccc(CN(C(=O)CSc2nc(N)nc(N)n2)C2CC2)cc1. The highest BCUT2D eigenvalue weighted by molar-refractivity contribution is 7.99. The number of amides is 1. The number of rotatable bonds is 7. The van der Waals surface area contributed by atoms with Crippen LogP contribution in [0, 0.1) is 0 Å². The van der Waals surface area contributed by atoms with Crippen LogP contribution < -0.4 is 16.2 Å². The number of nitrogens with two attached hydrogens (primary N) is 2. The van der Waals surface area contributed by atoms with Gasteiger partial charge in [0.2, 0.25) is 17.8 Å². The van der Waals surface area contributed by atoms with Crippen molar-refractivity contribution in [3.05, 3.63) is 29.8 Å². The van der Waals surface area contributed by atoms with Crippen molar-refractivity contribution in [3.8, 4) is 5.75 Å². The third-order valence-electron chi connectivity index (χ3n) is 3.79. The van der Waals surface area contributed by atoms with Crippen LogP contribution in [-0.4, -0.2) is 44.7 Å². The summed E-state index contributed by atoms with van der Waals surface area (Å²) in [5, 5.41) is 0.360. The van der Waals surface area contributed by atoms with E-state index in [1.54, 1.807) is 7.11 Å². The van der Waals surface area contributed by atoms with E-state index < -0.39 is 0 Å². The van der Waals surface area contributed by atoms with E-state index in [9.17, 15) is 4.79 Å². The lowest BCUT2D eigenvalue weighted by Gasteiger charge is -2.22. The fourth-order valence-electron chi connectivity index (χ4n) is 2.40. The Morgan fingerprint density at radius 2 is 1.84 bits per heavy atom. The monoisotopic (exact) mass is 360 g/mol. The van der Waals surface area contributed by atoms with Crippen LogP contribution in [0.4, 0.5) is 11.9 Å². The summed E-state index contributed by atoms with van der Waals surface area (Å²) in [4.78, 5) is 26.2. The van der Waals surface area contributed by atoms with Crippen molar-refractivity contribution < 1.29 is 9.53 Å². The molecule has 25 heavy (non-hydrogen) atoms. The Balaban J connectivity index is 1.62. The van der Waals surface area contributed by atoms with Crippen molar-refractivity contribution in [2.75, 3.05) is 24.3 Å². The highest BCUT2D eigenvalue weighted by Crippen LogP contribution is 2.30. The molecule has 1 aliphatic rings. The summed E-state index contributed by atoms with van der Waals surface area (Å²) in [6, 6.07) is 8.06. The topological polar surface area (TPSA) is 120 Å². The Bertz CT molecular complexity index is 731. The molecule has 1 heterocycles. The zero-order valence-corrected chi connectivity index (χ0v) is 14.7. The zero-order chi connectivity index (χ0) is 17.8. The first-order chi connectivity index (χ1) is 12.0. The number of methoxy groups -OCH3 is 1. The van der Waals surface area contributed by atoms with E-state index in [4.69, 9.17) is 16.2 Å². The van der Waals surface area contributed by atoms with Gasteiger partial charge in [0.1, 0.15) is 5.75 Å². The molecule has 0 saturated heterocycles. The van der Waals surface area contributed by atoms with Crippen molar-refractivity contribution in [2.24, 2.45) is 0 Å². The van der Waals surface area contributed by atoms with E-state index in [0.29, 0.717) is 17.7 Å². The first-order valence-corrected chi connectivity index (χ1v) is 8.86. The van der Waals surface area contributed by atoms with Crippen molar-refractivity contribution in [1.82, 2.24) is 19.9 Å². The third kappa shape index (κ3) is 4.72. The maximum Gasteiger partial charge on any atom is 0.233 e. The second-order valence-electron chi connectivity index (χ2n) is 5.72. The standard InChI is InChI=1S/C16H20N6O2S/c1-24-12-6-2-10(3-7-12)8-22(11-4-5-11)13(23)9-25-16-20-14(17)19-15(18)21-16/h2-3,6-7,11H,4-5,8-9H2,1H3,(H4,17,18,19,20,21). The minimum absolute atomic E-state index is 0.0425. The average molecular weight is 360 g/mol. The van der Waals surface area contributed by atoms with Crippen molar-refractivity contribution in [1.29, 1.82) is 0 Å². The number of hydrogen-bond donors (Lipinski definition) is 2. The molecule has 3 rings (SSSR count). The summed E-state index contributed by atoms with van der Waals surface area (Å²) in [6.07, 6.45) is 2.08. The van der Waals surface area contributed by atoms with Crippen LogP contribution in [0.2, 0.25) is 0 Å². The number of benzene rings is 1. The first-order valence-electron chi connectivity index (χ1n) is 7.87. The minimum Gasteiger partial charge on any atom is -0.497 e. The lowest BCUT2D eigenvalue weighted by Crippen LogP contribution is -2.34. The van der Waals surface area contributed by atoms with E-state index in [1.807, 2.05) is 29.2 Å². The van der Waals surface area contributed by atoms with Gasteiger partial charge in [-0.05, 0) is 30.5 Å². The summed E-state index contributed by atoms with van der Waals surface area (Å²) in [7, 11) is 1.63. The average Bonchev–Trinajstić information content (AvgIpc) is 3.42. The molecule has 1 aromatic heterocycles. The first kappa shape index (κ1) is 17.3. The fourth-order valence-corrected chi connectivity index (χ4v) is 3.13. The van der Waals surface area contributed by atoms with Gasteiger partial charge in [0.05, 0.1) is 12.9 Å². The number of nitrogens with zero attached hydrogens (tertiary/aromatic N) is 4. The van der Waals surface area contributed by atoms with Crippen molar-refractivity contribution >= 4 is 29.6 Å². The quantitative estimate of drug-likeness (QED) is 0.710. The van der Waals surface area contributed by atoms with Gasteiger partial charge in [0.15, 0.2) is 5.16 Å². The Hall–Kier alpha value is -2.55. The molecule has 1 amide bonds. The molecular formula is C16H20N6O2S. The van der Waals surface area contributed by atoms with Crippen LogP contribution in [0.5, 0.6) is 5.75 Å². The molecule has 0 bridgehead atoms. The van der Waals surface area contributed by atoms with Crippen LogP contribution in [-0.2, 0) is 11.3 Å². The summed E-state index contributed by atoms with van der Waals surface area (Å²) in [6.45, 7) is 0.579. The van der Waals surface area contributed by atoms with E-state index in [1.165, 1.54) is 11.8 Å². The number of carbonyl (C=O) groups excluding carboxylic acids is 1. The van der Waals surface area contributed by atoms with E-state index in [0.717, 1.165) is 24.2 Å². The van der Waals surface area contributed by atoms with Gasteiger partial charge >= 0.3 is 0 Å². The maximum atomic E-state index is 12.6. The third-order valence-corrected chi connectivity index (χ3v) is 4.63. The van der Waals surface area contributed by atoms with Crippen LogP contribution in [0.3, 0.4) is 0 Å². The molecule has 1 saturated carbocycles. The van der Waals surface area contributed by atoms with E-state index >= 15 is 0 Å². The minimum atomic E-state index is 0.0425. The van der Waals surface area contributed by atoms with E-state index in [2.05, 4.69) is 15.0 Å². The van der Waals surface area contributed by atoms with Gasteiger partial charge in [-0.3, -0.25) is 4.79 Å². The molecule has 0 spiro atoms.